The van der Waals surface area contributed by atoms with Crippen molar-refractivity contribution in [3.63, 3.8) is 0 Å². The van der Waals surface area contributed by atoms with Crippen molar-refractivity contribution in [3.05, 3.63) is 28.8 Å². The predicted molar refractivity (Wildman–Crippen MR) is 71.6 cm³/mol. The summed E-state index contributed by atoms with van der Waals surface area (Å²) < 4.78 is 24.4. The highest BCUT2D eigenvalue weighted by atomic mass is 32.2. The average molecular weight is 265 g/mol. The van der Waals surface area contributed by atoms with E-state index in [2.05, 4.69) is 18.3 Å². The summed E-state index contributed by atoms with van der Waals surface area (Å²) in [4.78, 5) is 0.584. The Labute approximate surface area is 109 Å². The molecule has 0 fully saturated rings. The fourth-order valence-corrected chi connectivity index (χ4v) is 4.81. The third-order valence-electron chi connectivity index (χ3n) is 4.06. The van der Waals surface area contributed by atoms with E-state index in [0.717, 1.165) is 31.4 Å². The number of rotatable bonds is 2. The second-order valence-electron chi connectivity index (χ2n) is 5.23. The normalized spacial score (nSPS) is 24.6. The van der Waals surface area contributed by atoms with Crippen molar-refractivity contribution in [3.8, 4) is 0 Å². The maximum atomic E-state index is 12.2. The largest absolute Gasteiger partial charge is 0.310 e. The zero-order valence-electron chi connectivity index (χ0n) is 10.7. The molecule has 98 valence electrons. The van der Waals surface area contributed by atoms with Gasteiger partial charge in [-0.25, -0.2) is 8.42 Å². The summed E-state index contributed by atoms with van der Waals surface area (Å²) in [5.41, 5.74) is 3.60. The first-order chi connectivity index (χ1) is 8.62. The van der Waals surface area contributed by atoms with E-state index >= 15 is 0 Å². The third kappa shape index (κ3) is 1.88. The van der Waals surface area contributed by atoms with Crippen LogP contribution < -0.4 is 5.32 Å². The molecule has 0 amide bonds. The lowest BCUT2D eigenvalue weighted by molar-refractivity contribution is 0.504. The molecular weight excluding hydrogens is 246 g/mol. The maximum Gasteiger partial charge on any atom is 0.178 e. The van der Waals surface area contributed by atoms with Crippen LogP contribution in [0.4, 0.5) is 0 Å². The van der Waals surface area contributed by atoms with Crippen LogP contribution in [0.2, 0.25) is 0 Å². The summed E-state index contributed by atoms with van der Waals surface area (Å²) in [5.74, 6) is 0.274. The molecule has 1 aliphatic carbocycles. The summed E-state index contributed by atoms with van der Waals surface area (Å²) in [7, 11) is -3.05. The topological polar surface area (TPSA) is 46.2 Å². The van der Waals surface area contributed by atoms with E-state index in [9.17, 15) is 8.42 Å². The molecule has 2 aliphatic rings. The van der Waals surface area contributed by atoms with Gasteiger partial charge in [-0.3, -0.25) is 0 Å². The lowest BCUT2D eigenvalue weighted by atomic mass is 9.99. The molecule has 1 aromatic rings. The first-order valence-electron chi connectivity index (χ1n) is 6.73. The molecule has 1 heterocycles. The molecule has 0 radical (unpaired) electrons. The van der Waals surface area contributed by atoms with Gasteiger partial charge in [0.15, 0.2) is 9.84 Å². The number of sulfone groups is 1. The quantitative estimate of drug-likeness (QED) is 0.889. The molecule has 1 aliphatic heterocycles. The summed E-state index contributed by atoms with van der Waals surface area (Å²) in [6.45, 7) is 2.94. The zero-order valence-corrected chi connectivity index (χ0v) is 11.5. The molecule has 0 spiro atoms. The Bertz CT molecular complexity index is 578. The Hall–Kier alpha value is -0.870. The van der Waals surface area contributed by atoms with E-state index in [1.54, 1.807) is 0 Å². The Kier molecular flexibility index (Phi) is 2.94. The minimum Gasteiger partial charge on any atom is -0.310 e. The second kappa shape index (κ2) is 4.35. The van der Waals surface area contributed by atoms with Gasteiger partial charge in [-0.05, 0) is 55.0 Å². The maximum absolute atomic E-state index is 12.2. The Morgan fingerprint density at radius 2 is 2.00 bits per heavy atom. The minimum absolute atomic E-state index is 0.208. The fourth-order valence-electron chi connectivity index (χ4n) is 3.16. The van der Waals surface area contributed by atoms with Crippen LogP contribution in [0.15, 0.2) is 17.0 Å². The van der Waals surface area contributed by atoms with Crippen LogP contribution in [-0.4, -0.2) is 20.7 Å². The van der Waals surface area contributed by atoms with E-state index in [-0.39, 0.29) is 11.8 Å². The third-order valence-corrected chi connectivity index (χ3v) is 5.86. The van der Waals surface area contributed by atoms with Gasteiger partial charge in [0.1, 0.15) is 0 Å². The number of benzene rings is 1. The average Bonchev–Trinajstić information content (AvgIpc) is 2.79. The standard InChI is InChI=1S/C14H19NO2S/c1-2-15-13-6-7-18(16,17)14-9-11-5-3-4-10(11)8-12(13)14/h8-9,13,15H,2-7H2,1H3. The van der Waals surface area contributed by atoms with Gasteiger partial charge in [-0.2, -0.15) is 0 Å². The van der Waals surface area contributed by atoms with Crippen molar-refractivity contribution in [1.82, 2.24) is 5.32 Å². The van der Waals surface area contributed by atoms with Crippen LogP contribution in [0.25, 0.3) is 0 Å². The highest BCUT2D eigenvalue weighted by Gasteiger charge is 2.31. The molecule has 1 N–H and O–H groups in total. The number of nitrogens with one attached hydrogen (secondary N) is 1. The van der Waals surface area contributed by atoms with Crippen LogP contribution in [0, 0.1) is 0 Å². The van der Waals surface area contributed by atoms with Crippen molar-refractivity contribution in [2.24, 2.45) is 0 Å². The van der Waals surface area contributed by atoms with Gasteiger partial charge in [0.05, 0.1) is 10.6 Å². The SMILES string of the molecule is CCNC1CCS(=O)(=O)c2cc3c(cc21)CCC3. The summed E-state index contributed by atoms with van der Waals surface area (Å²) >= 11 is 0. The molecule has 18 heavy (non-hydrogen) atoms. The van der Waals surface area contributed by atoms with Gasteiger partial charge in [-0.1, -0.05) is 13.0 Å². The van der Waals surface area contributed by atoms with Crippen molar-refractivity contribution >= 4 is 9.84 Å². The van der Waals surface area contributed by atoms with Crippen LogP contribution >= 0.6 is 0 Å². The zero-order chi connectivity index (χ0) is 12.8. The van der Waals surface area contributed by atoms with E-state index in [0.29, 0.717) is 11.3 Å². The van der Waals surface area contributed by atoms with Crippen molar-refractivity contribution < 1.29 is 8.42 Å². The molecule has 3 nitrogen and oxygen atoms in total. The van der Waals surface area contributed by atoms with E-state index in [1.165, 1.54) is 11.1 Å². The first kappa shape index (κ1) is 12.2. The van der Waals surface area contributed by atoms with Gasteiger partial charge in [0, 0.05) is 6.04 Å². The van der Waals surface area contributed by atoms with Gasteiger partial charge in [0.25, 0.3) is 0 Å². The number of hydrogen-bond acceptors (Lipinski definition) is 3. The lowest BCUT2D eigenvalue weighted by Crippen LogP contribution is -2.29. The molecule has 0 saturated heterocycles. The molecule has 0 bridgehead atoms. The monoisotopic (exact) mass is 265 g/mol. The van der Waals surface area contributed by atoms with Gasteiger partial charge in [0.2, 0.25) is 0 Å². The van der Waals surface area contributed by atoms with Gasteiger partial charge < -0.3 is 5.32 Å². The molecule has 1 atom stereocenters. The first-order valence-corrected chi connectivity index (χ1v) is 8.39. The highest BCUT2D eigenvalue weighted by molar-refractivity contribution is 7.91. The van der Waals surface area contributed by atoms with E-state index < -0.39 is 9.84 Å². The number of fused-ring (bicyclic) bond motifs is 2. The predicted octanol–water partition coefficient (Wildman–Crippen LogP) is 2.00. The molecule has 4 heteroatoms. The van der Waals surface area contributed by atoms with Crippen molar-refractivity contribution in [2.45, 2.75) is 43.5 Å². The van der Waals surface area contributed by atoms with Crippen molar-refractivity contribution in [2.75, 3.05) is 12.3 Å². The minimum atomic E-state index is -3.05. The molecule has 1 unspecified atom stereocenters. The molecule has 0 aromatic heterocycles. The van der Waals surface area contributed by atoms with Gasteiger partial charge >= 0.3 is 0 Å². The molecule has 1 aromatic carbocycles. The van der Waals surface area contributed by atoms with Crippen LogP contribution in [0.3, 0.4) is 0 Å². The lowest BCUT2D eigenvalue weighted by Gasteiger charge is -2.27. The van der Waals surface area contributed by atoms with E-state index in [1.807, 2.05) is 6.07 Å². The number of hydrogen-bond donors (Lipinski definition) is 1. The Morgan fingerprint density at radius 3 is 2.72 bits per heavy atom. The van der Waals surface area contributed by atoms with Crippen LogP contribution in [0.1, 0.15) is 42.5 Å². The second-order valence-corrected chi connectivity index (χ2v) is 7.31. The van der Waals surface area contributed by atoms with Crippen LogP contribution in [0.5, 0.6) is 0 Å². The Balaban J connectivity index is 2.15. The summed E-state index contributed by atoms with van der Waals surface area (Å²) in [5, 5.41) is 3.41. The molecule has 3 rings (SSSR count). The van der Waals surface area contributed by atoms with E-state index in [4.69, 9.17) is 0 Å². The smallest absolute Gasteiger partial charge is 0.178 e. The summed E-state index contributed by atoms with van der Waals surface area (Å²) in [6, 6.07) is 4.29. The van der Waals surface area contributed by atoms with Gasteiger partial charge in [-0.15, -0.1) is 0 Å². The van der Waals surface area contributed by atoms with Crippen LogP contribution in [-0.2, 0) is 22.7 Å². The van der Waals surface area contributed by atoms with Crippen molar-refractivity contribution in [1.29, 1.82) is 0 Å². The summed E-state index contributed by atoms with van der Waals surface area (Å²) in [6.07, 6.45) is 3.98. The molecular formula is C14H19NO2S. The number of aryl methyl sites for hydroxylation is 2. The fraction of sp³-hybridized carbons (Fsp3) is 0.571. The molecule has 0 saturated carbocycles. The highest BCUT2D eigenvalue weighted by Crippen LogP contribution is 2.36. The Morgan fingerprint density at radius 1 is 1.28 bits per heavy atom.